The van der Waals surface area contributed by atoms with Gasteiger partial charge in [-0.25, -0.2) is 4.98 Å². The van der Waals surface area contributed by atoms with Gasteiger partial charge in [-0.3, -0.25) is 9.59 Å². The van der Waals surface area contributed by atoms with Crippen LogP contribution in [0.4, 0.5) is 0 Å². The number of hydrogen-bond acceptors (Lipinski definition) is 5. The Balaban J connectivity index is 1.91. The smallest absolute Gasteiger partial charge is 0.308 e. The molecule has 0 bridgehead atoms. The number of aromatic nitrogens is 1. The fourth-order valence-electron chi connectivity index (χ4n) is 3.17. The van der Waals surface area contributed by atoms with Crippen molar-refractivity contribution < 1.29 is 23.8 Å². The first-order valence-corrected chi connectivity index (χ1v) is 7.58. The molecule has 0 spiro atoms. The van der Waals surface area contributed by atoms with Gasteiger partial charge in [0.1, 0.15) is 11.5 Å². The predicted molar refractivity (Wildman–Crippen MR) is 84.0 cm³/mol. The van der Waals surface area contributed by atoms with Crippen molar-refractivity contribution in [1.29, 1.82) is 0 Å². The number of amides is 1. The number of ether oxygens (including phenoxy) is 1. The van der Waals surface area contributed by atoms with Crippen LogP contribution in [0.5, 0.6) is 5.75 Å². The van der Waals surface area contributed by atoms with Gasteiger partial charge in [-0.15, -0.1) is 0 Å². The van der Waals surface area contributed by atoms with Crippen LogP contribution in [0.1, 0.15) is 27.7 Å². The molecule has 7 nitrogen and oxygen atoms in total. The lowest BCUT2D eigenvalue weighted by molar-refractivity contribution is -0.141. The van der Waals surface area contributed by atoms with Crippen LogP contribution in [-0.2, 0) is 4.79 Å². The van der Waals surface area contributed by atoms with Crippen molar-refractivity contribution in [2.75, 3.05) is 20.2 Å². The van der Waals surface area contributed by atoms with E-state index in [0.717, 1.165) is 5.56 Å². The van der Waals surface area contributed by atoms with Crippen molar-refractivity contribution in [3.8, 4) is 5.75 Å². The van der Waals surface area contributed by atoms with E-state index >= 15 is 0 Å². The molecule has 1 aliphatic heterocycles. The Kier molecular flexibility index (Phi) is 4.24. The Bertz CT molecular complexity index is 770. The third kappa shape index (κ3) is 2.73. The Morgan fingerprint density at radius 3 is 2.71 bits per heavy atom. The maximum absolute atomic E-state index is 12.6. The summed E-state index contributed by atoms with van der Waals surface area (Å²) in [5, 5.41) is 9.58. The number of carbonyl (C=O) groups is 2. The summed E-state index contributed by atoms with van der Waals surface area (Å²) >= 11 is 0. The molecule has 1 saturated heterocycles. The first kappa shape index (κ1) is 16.0. The van der Waals surface area contributed by atoms with Crippen LogP contribution in [0.25, 0.3) is 0 Å². The van der Waals surface area contributed by atoms with Gasteiger partial charge in [0.05, 0.1) is 13.0 Å². The standard InChI is InChI=1S/C17H18N2O5/c1-10-15(18-9-24-10)16(20)19-7-12(13(8-19)17(21)22)11-5-3-4-6-14(11)23-2/h3-6,9,12-13H,7-8H2,1-2H3,(H,21,22)/t12-,13+/m1/s1. The van der Waals surface area contributed by atoms with Crippen LogP contribution in [-0.4, -0.2) is 47.1 Å². The first-order chi connectivity index (χ1) is 11.5. The summed E-state index contributed by atoms with van der Waals surface area (Å²) in [6, 6.07) is 7.30. The fraction of sp³-hybridized carbons (Fsp3) is 0.353. The Morgan fingerprint density at radius 2 is 2.08 bits per heavy atom. The molecule has 24 heavy (non-hydrogen) atoms. The number of nitrogens with zero attached hydrogens (tertiary/aromatic N) is 2. The summed E-state index contributed by atoms with van der Waals surface area (Å²) in [4.78, 5) is 29.7. The van der Waals surface area contributed by atoms with E-state index in [2.05, 4.69) is 4.98 Å². The molecule has 0 aliphatic carbocycles. The number of likely N-dealkylation sites (tertiary alicyclic amines) is 1. The summed E-state index contributed by atoms with van der Waals surface area (Å²) in [5.74, 6) is -1.23. The number of hydrogen-bond donors (Lipinski definition) is 1. The van der Waals surface area contributed by atoms with Crippen molar-refractivity contribution in [3.05, 3.63) is 47.7 Å². The van der Waals surface area contributed by atoms with E-state index in [1.54, 1.807) is 20.1 Å². The summed E-state index contributed by atoms with van der Waals surface area (Å²) in [6.07, 6.45) is 1.21. The molecule has 2 heterocycles. The number of carboxylic acids is 1. The third-order valence-corrected chi connectivity index (χ3v) is 4.41. The summed E-state index contributed by atoms with van der Waals surface area (Å²) in [5.41, 5.74) is 1.01. The van der Waals surface area contributed by atoms with Gasteiger partial charge in [0, 0.05) is 19.0 Å². The largest absolute Gasteiger partial charge is 0.496 e. The number of carboxylic acid groups (broad SMARTS) is 1. The molecular weight excluding hydrogens is 312 g/mol. The summed E-state index contributed by atoms with van der Waals surface area (Å²) in [7, 11) is 1.55. The molecule has 1 N–H and O–H groups in total. The maximum atomic E-state index is 12.6. The van der Waals surface area contributed by atoms with Crippen molar-refractivity contribution in [3.63, 3.8) is 0 Å². The average molecular weight is 330 g/mol. The van der Waals surface area contributed by atoms with E-state index in [9.17, 15) is 14.7 Å². The fourth-order valence-corrected chi connectivity index (χ4v) is 3.17. The monoisotopic (exact) mass is 330 g/mol. The highest BCUT2D eigenvalue weighted by Crippen LogP contribution is 2.38. The highest BCUT2D eigenvalue weighted by Gasteiger charge is 2.42. The first-order valence-electron chi connectivity index (χ1n) is 7.58. The van der Waals surface area contributed by atoms with Crippen LogP contribution in [0, 0.1) is 12.8 Å². The Morgan fingerprint density at radius 1 is 1.33 bits per heavy atom. The second kappa shape index (κ2) is 6.35. The van der Waals surface area contributed by atoms with Gasteiger partial charge in [-0.05, 0) is 18.6 Å². The zero-order chi connectivity index (χ0) is 17.3. The Labute approximate surface area is 138 Å². The minimum Gasteiger partial charge on any atom is -0.496 e. The number of para-hydroxylation sites is 1. The molecule has 126 valence electrons. The molecule has 1 amide bonds. The Hall–Kier alpha value is -2.83. The third-order valence-electron chi connectivity index (χ3n) is 4.41. The van der Waals surface area contributed by atoms with Crippen LogP contribution < -0.4 is 4.74 Å². The van der Waals surface area contributed by atoms with Crippen LogP contribution in [0.3, 0.4) is 0 Å². The number of methoxy groups -OCH3 is 1. The lowest BCUT2D eigenvalue weighted by Crippen LogP contribution is -2.30. The van der Waals surface area contributed by atoms with Crippen LogP contribution in [0.15, 0.2) is 35.1 Å². The molecule has 7 heteroatoms. The molecule has 2 aromatic rings. The molecule has 3 rings (SSSR count). The van der Waals surface area contributed by atoms with Crippen molar-refractivity contribution >= 4 is 11.9 Å². The van der Waals surface area contributed by atoms with Gasteiger partial charge in [0.25, 0.3) is 5.91 Å². The van der Waals surface area contributed by atoms with Crippen molar-refractivity contribution in [2.24, 2.45) is 5.92 Å². The molecule has 1 aromatic heterocycles. The highest BCUT2D eigenvalue weighted by molar-refractivity contribution is 5.94. The molecule has 2 atom stereocenters. The average Bonchev–Trinajstić information content (AvgIpc) is 3.20. The maximum Gasteiger partial charge on any atom is 0.308 e. The van der Waals surface area contributed by atoms with Gasteiger partial charge in [0.15, 0.2) is 12.1 Å². The second-order valence-electron chi connectivity index (χ2n) is 5.76. The summed E-state index contributed by atoms with van der Waals surface area (Å²) in [6.45, 7) is 2.08. The number of carbonyl (C=O) groups excluding carboxylic acids is 1. The lowest BCUT2D eigenvalue weighted by atomic mass is 9.88. The van der Waals surface area contributed by atoms with Gasteiger partial charge < -0.3 is 19.2 Å². The van der Waals surface area contributed by atoms with E-state index in [1.165, 1.54) is 11.3 Å². The van der Waals surface area contributed by atoms with E-state index in [1.807, 2.05) is 18.2 Å². The molecule has 1 aliphatic rings. The summed E-state index contributed by atoms with van der Waals surface area (Å²) < 4.78 is 10.4. The lowest BCUT2D eigenvalue weighted by Gasteiger charge is -2.18. The van der Waals surface area contributed by atoms with E-state index in [-0.39, 0.29) is 24.1 Å². The molecule has 1 aromatic carbocycles. The molecule has 1 fully saturated rings. The quantitative estimate of drug-likeness (QED) is 0.921. The van der Waals surface area contributed by atoms with E-state index in [4.69, 9.17) is 9.15 Å². The van der Waals surface area contributed by atoms with Gasteiger partial charge >= 0.3 is 5.97 Å². The number of aryl methyl sites for hydroxylation is 1. The number of benzene rings is 1. The van der Waals surface area contributed by atoms with Crippen LogP contribution >= 0.6 is 0 Å². The van der Waals surface area contributed by atoms with E-state index in [0.29, 0.717) is 18.1 Å². The SMILES string of the molecule is COc1ccccc1[C@H]1CN(C(=O)c2ncoc2C)C[C@@H]1C(=O)O. The van der Waals surface area contributed by atoms with Crippen LogP contribution in [0.2, 0.25) is 0 Å². The molecular formula is C17H18N2O5. The topological polar surface area (TPSA) is 92.9 Å². The molecule has 0 saturated carbocycles. The minimum absolute atomic E-state index is 0.128. The second-order valence-corrected chi connectivity index (χ2v) is 5.76. The van der Waals surface area contributed by atoms with E-state index < -0.39 is 11.9 Å². The highest BCUT2D eigenvalue weighted by atomic mass is 16.5. The predicted octanol–water partition coefficient (Wildman–Crippen LogP) is 1.93. The minimum atomic E-state index is -0.932. The number of oxazole rings is 1. The normalized spacial score (nSPS) is 20.2. The number of rotatable bonds is 4. The van der Waals surface area contributed by atoms with Gasteiger partial charge in [-0.2, -0.15) is 0 Å². The number of aliphatic carboxylic acids is 1. The van der Waals surface area contributed by atoms with Crippen molar-refractivity contribution in [1.82, 2.24) is 9.88 Å². The van der Waals surface area contributed by atoms with Gasteiger partial charge in [-0.1, -0.05) is 18.2 Å². The molecule has 0 radical (unpaired) electrons. The van der Waals surface area contributed by atoms with Crippen molar-refractivity contribution in [2.45, 2.75) is 12.8 Å². The van der Waals surface area contributed by atoms with Gasteiger partial charge in [0.2, 0.25) is 0 Å². The zero-order valence-corrected chi connectivity index (χ0v) is 13.4. The zero-order valence-electron chi connectivity index (χ0n) is 13.4. The molecule has 0 unspecified atom stereocenters.